The Kier molecular flexibility index (Phi) is 7.50. The summed E-state index contributed by atoms with van der Waals surface area (Å²) in [6.07, 6.45) is 2.72. The first-order valence-electron chi connectivity index (χ1n) is 8.89. The van der Waals surface area contributed by atoms with E-state index in [1.165, 1.54) is 11.8 Å². The van der Waals surface area contributed by atoms with E-state index in [2.05, 4.69) is 31.1 Å². The van der Waals surface area contributed by atoms with E-state index in [1.807, 2.05) is 13.0 Å². The lowest BCUT2D eigenvalue weighted by Crippen LogP contribution is -2.28. The highest BCUT2D eigenvalue weighted by Crippen LogP contribution is 2.25. The summed E-state index contributed by atoms with van der Waals surface area (Å²) in [6.45, 7) is 9.69. The van der Waals surface area contributed by atoms with E-state index in [9.17, 15) is 9.59 Å². The van der Waals surface area contributed by atoms with E-state index in [-0.39, 0.29) is 17.2 Å². The van der Waals surface area contributed by atoms with E-state index < -0.39 is 0 Å². The molecule has 0 atom stereocenters. The number of carbonyl (C=O) groups excluding carboxylic acids is 1. The summed E-state index contributed by atoms with van der Waals surface area (Å²) in [5.41, 5.74) is 0.00511. The second kappa shape index (κ2) is 9.38. The van der Waals surface area contributed by atoms with Crippen LogP contribution in [-0.4, -0.2) is 27.8 Å². The highest BCUT2D eigenvalue weighted by molar-refractivity contribution is 7.99. The molecule has 1 amide bonds. The molecule has 25 heavy (non-hydrogen) atoms. The number of rotatable bonds is 9. The molecule has 1 N–H and O–H groups in total. The fourth-order valence-corrected chi connectivity index (χ4v) is 4.30. The van der Waals surface area contributed by atoms with Crippen molar-refractivity contribution in [2.45, 2.75) is 58.7 Å². The second-order valence-corrected chi connectivity index (χ2v) is 8.52. The van der Waals surface area contributed by atoms with Crippen LogP contribution in [0.3, 0.4) is 0 Å². The van der Waals surface area contributed by atoms with Crippen molar-refractivity contribution in [2.24, 2.45) is 5.92 Å². The van der Waals surface area contributed by atoms with Gasteiger partial charge in [-0.15, -0.1) is 11.3 Å². The maximum atomic E-state index is 12.8. The molecule has 0 aliphatic rings. The van der Waals surface area contributed by atoms with Gasteiger partial charge in [0.25, 0.3) is 5.56 Å². The van der Waals surface area contributed by atoms with Crippen LogP contribution < -0.4 is 10.9 Å². The van der Waals surface area contributed by atoms with Crippen molar-refractivity contribution in [2.75, 3.05) is 12.3 Å². The molecule has 0 radical (unpaired) electrons. The van der Waals surface area contributed by atoms with Crippen molar-refractivity contribution in [1.29, 1.82) is 0 Å². The zero-order valence-corrected chi connectivity index (χ0v) is 17.1. The predicted molar refractivity (Wildman–Crippen MR) is 107 cm³/mol. The minimum absolute atomic E-state index is 0.00511. The molecule has 2 aromatic heterocycles. The molecular weight excluding hydrogens is 354 g/mol. The molecule has 0 aliphatic heterocycles. The van der Waals surface area contributed by atoms with Gasteiger partial charge >= 0.3 is 0 Å². The van der Waals surface area contributed by atoms with Crippen LogP contribution in [-0.2, 0) is 17.8 Å². The number of hydrogen-bond donors (Lipinski definition) is 1. The van der Waals surface area contributed by atoms with Crippen LogP contribution in [0.2, 0.25) is 0 Å². The molecule has 5 nitrogen and oxygen atoms in total. The molecule has 0 bridgehead atoms. The van der Waals surface area contributed by atoms with Gasteiger partial charge in [-0.1, -0.05) is 39.5 Å². The average Bonchev–Trinajstić information content (AvgIpc) is 2.99. The average molecular weight is 382 g/mol. The Hall–Kier alpha value is -1.34. The molecule has 0 saturated heterocycles. The number of aryl methyl sites for hydroxylation is 1. The first-order chi connectivity index (χ1) is 12.0. The van der Waals surface area contributed by atoms with Gasteiger partial charge in [0.2, 0.25) is 5.91 Å². The number of carbonyl (C=O) groups is 1. The van der Waals surface area contributed by atoms with Gasteiger partial charge in [-0.3, -0.25) is 14.2 Å². The smallest absolute Gasteiger partial charge is 0.262 e. The number of amides is 1. The van der Waals surface area contributed by atoms with Crippen LogP contribution in [0, 0.1) is 5.92 Å². The van der Waals surface area contributed by atoms with Gasteiger partial charge in [-0.05, 0) is 31.2 Å². The minimum atomic E-state index is -0.0107. The lowest BCUT2D eigenvalue weighted by Gasteiger charge is -2.11. The molecule has 0 fully saturated rings. The first kappa shape index (κ1) is 20.0. The van der Waals surface area contributed by atoms with Crippen molar-refractivity contribution < 1.29 is 4.79 Å². The zero-order chi connectivity index (χ0) is 18.4. The molecule has 0 spiro atoms. The van der Waals surface area contributed by atoms with Crippen LogP contribution >= 0.6 is 23.1 Å². The van der Waals surface area contributed by atoms with Crippen LogP contribution in [0.1, 0.15) is 45.4 Å². The van der Waals surface area contributed by atoms with Gasteiger partial charge in [0.15, 0.2) is 5.16 Å². The van der Waals surface area contributed by atoms with Crippen molar-refractivity contribution in [3.63, 3.8) is 0 Å². The largest absolute Gasteiger partial charge is 0.355 e. The fourth-order valence-electron chi connectivity index (χ4n) is 2.43. The number of nitrogens with zero attached hydrogens (tertiary/aromatic N) is 2. The summed E-state index contributed by atoms with van der Waals surface area (Å²) in [7, 11) is 0. The lowest BCUT2D eigenvalue weighted by molar-refractivity contribution is -0.118. The van der Waals surface area contributed by atoms with Crippen LogP contribution in [0.4, 0.5) is 0 Å². The molecule has 0 aliphatic carbocycles. The monoisotopic (exact) mass is 381 g/mol. The van der Waals surface area contributed by atoms with Crippen molar-refractivity contribution in [3.05, 3.63) is 21.3 Å². The molecule has 2 rings (SSSR count). The van der Waals surface area contributed by atoms with E-state index in [0.29, 0.717) is 29.6 Å². The molecule has 2 heterocycles. The van der Waals surface area contributed by atoms with Crippen LogP contribution in [0.25, 0.3) is 10.2 Å². The summed E-state index contributed by atoms with van der Waals surface area (Å²) in [6, 6.07) is 1.95. The number of thiophene rings is 1. The normalized spacial score (nSPS) is 11.4. The number of hydrogen-bond acceptors (Lipinski definition) is 5. The Balaban J connectivity index is 2.16. The van der Waals surface area contributed by atoms with Gasteiger partial charge < -0.3 is 5.32 Å². The number of aromatic nitrogens is 2. The van der Waals surface area contributed by atoms with Crippen LogP contribution in [0.5, 0.6) is 0 Å². The predicted octanol–water partition coefficient (Wildman–Crippen LogP) is 3.68. The first-order valence-corrected chi connectivity index (χ1v) is 10.7. The molecule has 0 aromatic carbocycles. The third-order valence-electron chi connectivity index (χ3n) is 3.84. The zero-order valence-electron chi connectivity index (χ0n) is 15.4. The number of thioether (sulfide) groups is 1. The van der Waals surface area contributed by atoms with Crippen LogP contribution in [0.15, 0.2) is 16.0 Å². The van der Waals surface area contributed by atoms with Gasteiger partial charge in [0.1, 0.15) is 4.83 Å². The molecule has 7 heteroatoms. The molecule has 2 aromatic rings. The molecular formula is C18H27N3O2S2. The summed E-state index contributed by atoms with van der Waals surface area (Å²) >= 11 is 2.91. The van der Waals surface area contributed by atoms with Gasteiger partial charge in [0.05, 0.1) is 11.1 Å². The minimum Gasteiger partial charge on any atom is -0.355 e. The Morgan fingerprint density at radius 1 is 1.40 bits per heavy atom. The highest BCUT2D eigenvalue weighted by atomic mass is 32.2. The Morgan fingerprint density at radius 2 is 2.16 bits per heavy atom. The van der Waals surface area contributed by atoms with E-state index in [4.69, 9.17) is 0 Å². The van der Waals surface area contributed by atoms with Crippen molar-refractivity contribution >= 4 is 39.2 Å². The van der Waals surface area contributed by atoms with Gasteiger partial charge in [-0.25, -0.2) is 4.98 Å². The summed E-state index contributed by atoms with van der Waals surface area (Å²) < 4.78 is 1.71. The van der Waals surface area contributed by atoms with Gasteiger partial charge in [-0.2, -0.15) is 0 Å². The summed E-state index contributed by atoms with van der Waals surface area (Å²) in [5, 5.41) is 4.27. The van der Waals surface area contributed by atoms with E-state index in [0.717, 1.165) is 29.0 Å². The summed E-state index contributed by atoms with van der Waals surface area (Å²) in [4.78, 5) is 31.4. The molecule has 0 unspecified atom stereocenters. The maximum Gasteiger partial charge on any atom is 0.262 e. The quantitative estimate of drug-likeness (QED) is 0.531. The van der Waals surface area contributed by atoms with Gasteiger partial charge in [0, 0.05) is 18.0 Å². The Bertz CT molecular complexity index is 780. The number of fused-ring (bicyclic) bond motifs is 1. The Morgan fingerprint density at radius 3 is 2.80 bits per heavy atom. The van der Waals surface area contributed by atoms with Crippen molar-refractivity contribution in [3.8, 4) is 0 Å². The standard InChI is InChI=1S/C18H27N3O2S2/c1-5-9-21-17(23)14-10-13(6-2)25-16(14)20-18(21)24-11-15(22)19-8-7-12(3)4/h10,12H,5-9,11H2,1-4H3,(H,19,22). The van der Waals surface area contributed by atoms with Crippen molar-refractivity contribution in [1.82, 2.24) is 14.9 Å². The lowest BCUT2D eigenvalue weighted by atomic mass is 10.1. The molecule has 138 valence electrons. The topological polar surface area (TPSA) is 64.0 Å². The Labute approximate surface area is 157 Å². The summed E-state index contributed by atoms with van der Waals surface area (Å²) in [5.74, 6) is 0.841. The third kappa shape index (κ3) is 5.31. The van der Waals surface area contributed by atoms with E-state index in [1.54, 1.807) is 15.9 Å². The number of nitrogens with one attached hydrogen (secondary N) is 1. The molecule has 0 saturated carbocycles. The van der Waals surface area contributed by atoms with E-state index >= 15 is 0 Å². The fraction of sp³-hybridized carbons (Fsp3) is 0.611. The maximum absolute atomic E-state index is 12.8. The highest BCUT2D eigenvalue weighted by Gasteiger charge is 2.15. The second-order valence-electron chi connectivity index (χ2n) is 6.46. The third-order valence-corrected chi connectivity index (χ3v) is 5.99. The SMILES string of the molecule is CCCn1c(SCC(=O)NCCC(C)C)nc2sc(CC)cc2c1=O.